The van der Waals surface area contributed by atoms with Gasteiger partial charge in [0.2, 0.25) is 0 Å². The number of hydrazone groups is 1. The Kier molecular flexibility index (Phi) is 10.3. The average molecular weight is 670 g/mol. The monoisotopic (exact) mass is 668 g/mol. The number of halogens is 3. The van der Waals surface area contributed by atoms with Crippen molar-refractivity contribution in [1.82, 2.24) is 15.9 Å². The van der Waals surface area contributed by atoms with Crippen LogP contribution in [-0.2, 0) is 21.0 Å². The molecule has 2 amide bonds. The molecule has 2 aliphatic heterocycles. The fourth-order valence-corrected chi connectivity index (χ4v) is 5.68. The van der Waals surface area contributed by atoms with Gasteiger partial charge >= 0.3 is 0 Å². The second-order valence-electron chi connectivity index (χ2n) is 10.3. The predicted molar refractivity (Wildman–Crippen MR) is 177 cm³/mol. The van der Waals surface area contributed by atoms with Crippen molar-refractivity contribution in [2.45, 2.75) is 45.9 Å². The third-order valence-electron chi connectivity index (χ3n) is 6.91. The molecule has 0 bridgehead atoms. The fraction of sp³-hybridized carbons (Fsp3) is 0.219. The highest BCUT2D eigenvalue weighted by atomic mass is 35.5. The van der Waals surface area contributed by atoms with Crippen LogP contribution in [0.5, 0.6) is 5.75 Å². The standard InChI is InChI=1S/C32H31Cl3N6O4/c1-4-26(45-27-11-10-19(2)14-20(27)3)31(42)37-23-9-7-8-21(15-23)18-44-39-28-30(40-13-6-5-12-36-40)38-41(32(28)43)29-24(34)16-22(33)17-25(29)35/h5-17,26,28,36,39H,4,18H2,1-3H3,(H,37,42). The largest absolute Gasteiger partial charge is 0.480 e. The summed E-state index contributed by atoms with van der Waals surface area (Å²) >= 11 is 18.9. The molecule has 2 atom stereocenters. The van der Waals surface area contributed by atoms with Gasteiger partial charge in [-0.3, -0.25) is 14.4 Å². The van der Waals surface area contributed by atoms with Crippen molar-refractivity contribution in [3.63, 3.8) is 0 Å². The van der Waals surface area contributed by atoms with E-state index >= 15 is 0 Å². The topological polar surface area (TPSA) is 108 Å². The van der Waals surface area contributed by atoms with Crippen LogP contribution < -0.4 is 26.0 Å². The van der Waals surface area contributed by atoms with E-state index in [1.165, 1.54) is 12.1 Å². The number of carbonyl (C=O) groups is 2. The molecule has 2 heterocycles. The predicted octanol–water partition coefficient (Wildman–Crippen LogP) is 6.66. The third kappa shape index (κ3) is 7.61. The van der Waals surface area contributed by atoms with Gasteiger partial charge in [0.05, 0.1) is 16.7 Å². The van der Waals surface area contributed by atoms with E-state index in [1.807, 2.05) is 45.0 Å². The Morgan fingerprint density at radius 3 is 2.53 bits per heavy atom. The van der Waals surface area contributed by atoms with E-state index in [4.69, 9.17) is 44.4 Å². The number of nitrogens with one attached hydrogen (secondary N) is 3. The van der Waals surface area contributed by atoms with E-state index in [0.29, 0.717) is 22.9 Å². The Hall–Kier alpha value is -4.06. The van der Waals surface area contributed by atoms with Gasteiger partial charge in [-0.15, -0.1) is 5.10 Å². The first kappa shape index (κ1) is 32.3. The summed E-state index contributed by atoms with van der Waals surface area (Å²) in [6.07, 6.45) is 6.78. The number of hydrazine groups is 1. The summed E-state index contributed by atoms with van der Waals surface area (Å²) in [4.78, 5) is 32.5. The van der Waals surface area contributed by atoms with Crippen LogP contribution in [0.15, 0.2) is 84.3 Å². The van der Waals surface area contributed by atoms with Crippen LogP contribution in [0.1, 0.15) is 30.0 Å². The molecule has 0 radical (unpaired) electrons. The van der Waals surface area contributed by atoms with E-state index in [2.05, 4.69) is 21.3 Å². The lowest BCUT2D eigenvalue weighted by Crippen LogP contribution is -2.50. The smallest absolute Gasteiger partial charge is 0.274 e. The van der Waals surface area contributed by atoms with Crippen LogP contribution >= 0.6 is 34.8 Å². The number of hydrogen-bond acceptors (Lipinski definition) is 8. The molecule has 5 rings (SSSR count). The molecule has 10 nitrogen and oxygen atoms in total. The van der Waals surface area contributed by atoms with Gasteiger partial charge in [-0.1, -0.05) is 71.6 Å². The molecule has 0 spiro atoms. The molecule has 234 valence electrons. The van der Waals surface area contributed by atoms with Crippen molar-refractivity contribution < 1.29 is 19.2 Å². The summed E-state index contributed by atoms with van der Waals surface area (Å²) in [5, 5.41) is 10.8. The Balaban J connectivity index is 1.25. The number of anilines is 2. The number of hydroxylamine groups is 1. The molecule has 45 heavy (non-hydrogen) atoms. The van der Waals surface area contributed by atoms with E-state index in [9.17, 15) is 9.59 Å². The fourth-order valence-electron chi connectivity index (χ4n) is 4.71. The summed E-state index contributed by atoms with van der Waals surface area (Å²) in [7, 11) is 0. The SMILES string of the molecule is CCC(Oc1ccc(C)cc1C)C(=O)Nc1cccc(CONC2C(=O)N(c3c(Cl)cc(Cl)cc3Cl)N=C2N2C=CC=CN2)c1. The number of carbonyl (C=O) groups excluding carboxylic acids is 2. The number of amides is 2. The minimum Gasteiger partial charge on any atom is -0.480 e. The minimum atomic E-state index is -1.02. The summed E-state index contributed by atoms with van der Waals surface area (Å²) < 4.78 is 6.03. The first-order valence-corrected chi connectivity index (χ1v) is 15.2. The molecule has 0 aromatic heterocycles. The van der Waals surface area contributed by atoms with Gasteiger partial charge < -0.3 is 15.5 Å². The van der Waals surface area contributed by atoms with Crippen molar-refractivity contribution in [3.8, 4) is 5.75 Å². The summed E-state index contributed by atoms with van der Waals surface area (Å²) in [5.41, 5.74) is 9.44. The van der Waals surface area contributed by atoms with Gasteiger partial charge in [0, 0.05) is 23.1 Å². The normalized spacial score (nSPS) is 16.4. The van der Waals surface area contributed by atoms with Gasteiger partial charge in [-0.2, -0.15) is 10.5 Å². The van der Waals surface area contributed by atoms with E-state index in [1.54, 1.807) is 47.8 Å². The lowest BCUT2D eigenvalue weighted by Gasteiger charge is -2.24. The Morgan fingerprint density at radius 2 is 1.84 bits per heavy atom. The molecule has 3 N–H and O–H groups in total. The number of aryl methyl sites for hydroxylation is 2. The van der Waals surface area contributed by atoms with Crippen LogP contribution in [-0.4, -0.2) is 34.8 Å². The van der Waals surface area contributed by atoms with Gasteiger partial charge in [-0.05, 0) is 73.9 Å². The maximum atomic E-state index is 13.6. The molecule has 0 aliphatic carbocycles. The molecule has 0 fully saturated rings. The number of amidine groups is 1. The summed E-state index contributed by atoms with van der Waals surface area (Å²) in [5.74, 6) is 0.224. The molecule has 2 unspecified atom stereocenters. The molecular weight excluding hydrogens is 639 g/mol. The minimum absolute atomic E-state index is 0.0721. The van der Waals surface area contributed by atoms with Crippen molar-refractivity contribution in [1.29, 1.82) is 0 Å². The Labute approximate surface area is 276 Å². The van der Waals surface area contributed by atoms with Gasteiger partial charge in [0.1, 0.15) is 11.4 Å². The van der Waals surface area contributed by atoms with Gasteiger partial charge in [0.15, 0.2) is 18.0 Å². The number of ether oxygens (including phenoxy) is 1. The van der Waals surface area contributed by atoms with Crippen molar-refractivity contribution in [2.75, 3.05) is 10.3 Å². The lowest BCUT2D eigenvalue weighted by atomic mass is 10.1. The zero-order chi connectivity index (χ0) is 32.1. The zero-order valence-corrected chi connectivity index (χ0v) is 27.0. The number of benzene rings is 3. The highest BCUT2D eigenvalue weighted by Crippen LogP contribution is 2.38. The highest BCUT2D eigenvalue weighted by Gasteiger charge is 2.41. The average Bonchev–Trinajstić information content (AvgIpc) is 3.32. The van der Waals surface area contributed by atoms with Crippen molar-refractivity contribution in [3.05, 3.63) is 111 Å². The molecule has 13 heteroatoms. The molecule has 3 aromatic carbocycles. The second kappa shape index (κ2) is 14.4. The van der Waals surface area contributed by atoms with Gasteiger partial charge in [-0.25, -0.2) is 5.01 Å². The summed E-state index contributed by atoms with van der Waals surface area (Å²) in [6, 6.07) is 15.0. The highest BCUT2D eigenvalue weighted by molar-refractivity contribution is 6.42. The van der Waals surface area contributed by atoms with E-state index in [-0.39, 0.29) is 34.1 Å². The lowest BCUT2D eigenvalue weighted by molar-refractivity contribution is -0.123. The first-order chi connectivity index (χ1) is 21.6. The van der Waals surface area contributed by atoms with Crippen LogP contribution in [0.4, 0.5) is 11.4 Å². The van der Waals surface area contributed by atoms with Crippen LogP contribution in [0.25, 0.3) is 0 Å². The maximum Gasteiger partial charge on any atom is 0.274 e. The molecule has 0 saturated heterocycles. The molecule has 3 aromatic rings. The summed E-state index contributed by atoms with van der Waals surface area (Å²) in [6.45, 7) is 5.93. The number of hydrogen-bond donors (Lipinski definition) is 3. The van der Waals surface area contributed by atoms with Crippen molar-refractivity contribution >= 4 is 63.8 Å². The zero-order valence-electron chi connectivity index (χ0n) is 24.7. The van der Waals surface area contributed by atoms with Crippen LogP contribution in [0.2, 0.25) is 15.1 Å². The van der Waals surface area contributed by atoms with Gasteiger partial charge in [0.25, 0.3) is 11.8 Å². The van der Waals surface area contributed by atoms with Crippen molar-refractivity contribution in [2.24, 2.45) is 5.10 Å². The quantitative estimate of drug-likeness (QED) is 0.207. The molecule has 2 aliphatic rings. The van der Waals surface area contributed by atoms with Crippen LogP contribution in [0, 0.1) is 13.8 Å². The van der Waals surface area contributed by atoms with Crippen LogP contribution in [0.3, 0.4) is 0 Å². The Morgan fingerprint density at radius 1 is 1.07 bits per heavy atom. The Bertz CT molecular complexity index is 1670. The molecular formula is C32H31Cl3N6O4. The molecule has 0 saturated carbocycles. The van der Waals surface area contributed by atoms with E-state index in [0.717, 1.165) is 21.7 Å². The first-order valence-electron chi connectivity index (χ1n) is 14.1. The second-order valence-corrected chi connectivity index (χ2v) is 11.6. The maximum absolute atomic E-state index is 13.6. The number of nitrogens with zero attached hydrogens (tertiary/aromatic N) is 3. The number of allylic oxidation sites excluding steroid dienone is 2. The number of rotatable bonds is 10. The van der Waals surface area contributed by atoms with E-state index < -0.39 is 18.1 Å². The third-order valence-corrected chi connectivity index (χ3v) is 7.70.